The van der Waals surface area contributed by atoms with Crippen molar-refractivity contribution >= 4 is 33.4 Å². The van der Waals surface area contributed by atoms with Gasteiger partial charge in [-0.2, -0.15) is 0 Å². The molecule has 6 heteroatoms. The van der Waals surface area contributed by atoms with Crippen molar-refractivity contribution in [2.24, 2.45) is 0 Å². The van der Waals surface area contributed by atoms with Gasteiger partial charge in [-0.3, -0.25) is 9.59 Å². The summed E-state index contributed by atoms with van der Waals surface area (Å²) in [6.45, 7) is 0.406. The summed E-state index contributed by atoms with van der Waals surface area (Å²) in [7, 11) is 0. The minimum Gasteiger partial charge on any atom is -0.444 e. The number of carbonyl (C=O) groups is 2. The van der Waals surface area contributed by atoms with Crippen LogP contribution in [0, 0.1) is 0 Å². The van der Waals surface area contributed by atoms with Gasteiger partial charge in [0.25, 0.3) is 5.91 Å². The number of hydrogen-bond donors (Lipinski definition) is 2. The van der Waals surface area contributed by atoms with E-state index in [2.05, 4.69) is 26.6 Å². The van der Waals surface area contributed by atoms with Crippen LogP contribution < -0.4 is 10.6 Å². The van der Waals surface area contributed by atoms with Gasteiger partial charge < -0.3 is 15.1 Å². The number of para-hydroxylation sites is 1. The Hall–Kier alpha value is -2.08. The zero-order valence-electron chi connectivity index (χ0n) is 11.1. The van der Waals surface area contributed by atoms with E-state index in [0.717, 1.165) is 11.3 Å². The highest BCUT2D eigenvalue weighted by molar-refractivity contribution is 9.10. The summed E-state index contributed by atoms with van der Waals surface area (Å²) in [5.74, 6) is -0.276. The summed E-state index contributed by atoms with van der Waals surface area (Å²) < 4.78 is 5.68. The monoisotopic (exact) mass is 348 g/mol. The van der Waals surface area contributed by atoms with Crippen LogP contribution in [0.4, 0.5) is 5.69 Å². The van der Waals surface area contributed by atoms with Crippen LogP contribution in [0.3, 0.4) is 0 Å². The van der Waals surface area contributed by atoms with Gasteiger partial charge >= 0.3 is 0 Å². The highest BCUT2D eigenvalue weighted by atomic mass is 79.9. The maximum Gasteiger partial charge on any atom is 0.287 e. The van der Waals surface area contributed by atoms with Crippen molar-refractivity contribution in [3.05, 3.63) is 52.4 Å². The van der Waals surface area contributed by atoms with E-state index in [9.17, 15) is 9.59 Å². The number of hydrogen-bond acceptors (Lipinski definition) is 3. The van der Waals surface area contributed by atoms with Gasteiger partial charge in [-0.15, -0.1) is 0 Å². The van der Waals surface area contributed by atoms with Gasteiger partial charge in [0.2, 0.25) is 5.91 Å². The molecule has 1 unspecified atom stereocenters. The lowest BCUT2D eigenvalue weighted by Crippen LogP contribution is -2.26. The fourth-order valence-electron chi connectivity index (χ4n) is 2.42. The van der Waals surface area contributed by atoms with Gasteiger partial charge in [0, 0.05) is 12.2 Å². The molecular formula is C15H13BrN2O3. The first-order valence-electron chi connectivity index (χ1n) is 6.58. The number of anilines is 1. The maximum absolute atomic E-state index is 11.9. The predicted molar refractivity (Wildman–Crippen MR) is 81.2 cm³/mol. The van der Waals surface area contributed by atoms with Gasteiger partial charge in [-0.25, -0.2) is 0 Å². The molecule has 2 heterocycles. The zero-order chi connectivity index (χ0) is 14.8. The molecule has 1 aliphatic rings. The molecule has 108 valence electrons. The summed E-state index contributed by atoms with van der Waals surface area (Å²) in [4.78, 5) is 23.8. The molecule has 1 aromatic heterocycles. The van der Waals surface area contributed by atoms with Crippen LogP contribution in [0.1, 0.15) is 28.5 Å². The molecule has 0 saturated heterocycles. The van der Waals surface area contributed by atoms with Crippen molar-refractivity contribution < 1.29 is 14.0 Å². The third-order valence-corrected chi connectivity index (χ3v) is 3.85. The normalized spacial score (nSPS) is 16.4. The summed E-state index contributed by atoms with van der Waals surface area (Å²) in [5.41, 5.74) is 1.84. The standard InChI is InChI=1S/C15H13BrN2O3/c16-13-6-5-12(21-13)15(20)17-8-7-10-9-3-1-2-4-11(9)18-14(10)19/h1-6,10H,7-8H2,(H,17,20)(H,18,19). The van der Waals surface area contributed by atoms with Crippen LogP contribution in [-0.4, -0.2) is 18.4 Å². The second-order valence-electron chi connectivity index (χ2n) is 4.78. The van der Waals surface area contributed by atoms with E-state index in [4.69, 9.17) is 4.42 Å². The van der Waals surface area contributed by atoms with Crippen LogP contribution in [-0.2, 0) is 4.79 Å². The fourth-order valence-corrected chi connectivity index (χ4v) is 2.72. The smallest absolute Gasteiger partial charge is 0.287 e. The lowest BCUT2D eigenvalue weighted by atomic mass is 9.97. The Labute approximate surface area is 129 Å². The topological polar surface area (TPSA) is 71.3 Å². The Morgan fingerprint density at radius 1 is 1.29 bits per heavy atom. The predicted octanol–water partition coefficient (Wildman–Crippen LogP) is 2.90. The molecule has 2 aromatic rings. The molecule has 1 aliphatic heterocycles. The number of nitrogens with one attached hydrogen (secondary N) is 2. The molecule has 2 N–H and O–H groups in total. The Bertz CT molecular complexity index is 696. The van der Waals surface area contributed by atoms with E-state index >= 15 is 0 Å². The molecule has 0 aliphatic carbocycles. The average Bonchev–Trinajstić information content (AvgIpc) is 3.03. The van der Waals surface area contributed by atoms with Crippen molar-refractivity contribution in [1.82, 2.24) is 5.32 Å². The van der Waals surface area contributed by atoms with E-state index < -0.39 is 0 Å². The van der Waals surface area contributed by atoms with Crippen molar-refractivity contribution in [2.75, 3.05) is 11.9 Å². The number of halogens is 1. The van der Waals surface area contributed by atoms with E-state index in [1.54, 1.807) is 12.1 Å². The number of rotatable bonds is 4. The molecule has 0 fully saturated rings. The third kappa shape index (κ3) is 2.85. The molecule has 1 aromatic carbocycles. The summed E-state index contributed by atoms with van der Waals surface area (Å²) >= 11 is 3.15. The molecule has 0 bridgehead atoms. The van der Waals surface area contributed by atoms with Crippen LogP contribution in [0.2, 0.25) is 0 Å². The Morgan fingerprint density at radius 3 is 2.86 bits per heavy atom. The second kappa shape index (κ2) is 5.73. The minimum absolute atomic E-state index is 0.0220. The average molecular weight is 349 g/mol. The van der Waals surface area contributed by atoms with E-state index in [1.807, 2.05) is 24.3 Å². The highest BCUT2D eigenvalue weighted by Gasteiger charge is 2.29. The number of amides is 2. The summed E-state index contributed by atoms with van der Waals surface area (Å²) in [5, 5.41) is 5.60. The molecule has 2 amide bonds. The van der Waals surface area contributed by atoms with Crippen LogP contribution in [0.5, 0.6) is 0 Å². The summed E-state index contributed by atoms with van der Waals surface area (Å²) in [6.07, 6.45) is 0.552. The van der Waals surface area contributed by atoms with Gasteiger partial charge in [0.15, 0.2) is 10.4 Å². The first-order chi connectivity index (χ1) is 10.1. The van der Waals surface area contributed by atoms with Crippen LogP contribution >= 0.6 is 15.9 Å². The SMILES string of the molecule is O=C(NCCC1C(=O)Nc2ccccc21)c1ccc(Br)o1. The van der Waals surface area contributed by atoms with Crippen molar-refractivity contribution in [3.8, 4) is 0 Å². The third-order valence-electron chi connectivity index (χ3n) is 3.43. The fraction of sp³-hybridized carbons (Fsp3) is 0.200. The molecule has 5 nitrogen and oxygen atoms in total. The van der Waals surface area contributed by atoms with Crippen molar-refractivity contribution in [2.45, 2.75) is 12.3 Å². The number of fused-ring (bicyclic) bond motifs is 1. The molecule has 21 heavy (non-hydrogen) atoms. The molecule has 0 spiro atoms. The lowest BCUT2D eigenvalue weighted by molar-refractivity contribution is -0.117. The second-order valence-corrected chi connectivity index (χ2v) is 5.56. The quantitative estimate of drug-likeness (QED) is 0.892. The van der Waals surface area contributed by atoms with Gasteiger partial charge in [-0.1, -0.05) is 18.2 Å². The first kappa shape index (κ1) is 13.9. The molecule has 1 atom stereocenters. The lowest BCUT2D eigenvalue weighted by Gasteiger charge is -2.09. The van der Waals surface area contributed by atoms with E-state index in [1.165, 1.54) is 0 Å². The number of furan rings is 1. The van der Waals surface area contributed by atoms with Gasteiger partial charge in [-0.05, 0) is 46.1 Å². The van der Waals surface area contributed by atoms with Crippen molar-refractivity contribution in [3.63, 3.8) is 0 Å². The Kier molecular flexibility index (Phi) is 3.79. The van der Waals surface area contributed by atoms with E-state index in [0.29, 0.717) is 17.6 Å². The Balaban J connectivity index is 1.59. The Morgan fingerprint density at radius 2 is 2.10 bits per heavy atom. The highest BCUT2D eigenvalue weighted by Crippen LogP contribution is 2.33. The zero-order valence-corrected chi connectivity index (χ0v) is 12.6. The van der Waals surface area contributed by atoms with Gasteiger partial charge in [0.1, 0.15) is 0 Å². The molecule has 3 rings (SSSR count). The van der Waals surface area contributed by atoms with Crippen molar-refractivity contribution in [1.29, 1.82) is 0 Å². The number of benzene rings is 1. The van der Waals surface area contributed by atoms with Gasteiger partial charge in [0.05, 0.1) is 5.92 Å². The first-order valence-corrected chi connectivity index (χ1v) is 7.38. The van der Waals surface area contributed by atoms with Crippen LogP contribution in [0.25, 0.3) is 0 Å². The van der Waals surface area contributed by atoms with Crippen LogP contribution in [0.15, 0.2) is 45.5 Å². The minimum atomic E-state index is -0.285. The molecular weight excluding hydrogens is 336 g/mol. The summed E-state index contributed by atoms with van der Waals surface area (Å²) in [6, 6.07) is 10.9. The number of carbonyl (C=O) groups excluding carboxylic acids is 2. The van der Waals surface area contributed by atoms with E-state index in [-0.39, 0.29) is 23.5 Å². The molecule has 0 radical (unpaired) electrons. The molecule has 0 saturated carbocycles. The largest absolute Gasteiger partial charge is 0.444 e. The maximum atomic E-state index is 11.9.